The Morgan fingerprint density at radius 1 is 1.37 bits per heavy atom. The molecule has 0 saturated carbocycles. The van der Waals surface area contributed by atoms with Crippen molar-refractivity contribution in [3.8, 4) is 0 Å². The van der Waals surface area contributed by atoms with Crippen LogP contribution in [0, 0.1) is 0 Å². The first-order valence-electron chi connectivity index (χ1n) is 5.83. The van der Waals surface area contributed by atoms with Crippen LogP contribution in [-0.2, 0) is 4.79 Å². The number of carboxylic acid groups (broad SMARTS) is 1. The fourth-order valence-corrected chi connectivity index (χ4v) is 2.03. The van der Waals surface area contributed by atoms with Crippen LogP contribution < -0.4 is 0 Å². The molecule has 0 fully saturated rings. The van der Waals surface area contributed by atoms with Gasteiger partial charge in [0.25, 0.3) is 0 Å². The second-order valence-electron chi connectivity index (χ2n) is 4.54. The van der Waals surface area contributed by atoms with Crippen LogP contribution in [0.4, 0.5) is 0 Å². The lowest BCUT2D eigenvalue weighted by atomic mass is 10.2. The van der Waals surface area contributed by atoms with E-state index in [9.17, 15) is 9.59 Å². The molecule has 6 heteroatoms. The van der Waals surface area contributed by atoms with E-state index >= 15 is 0 Å². The van der Waals surface area contributed by atoms with Crippen LogP contribution in [-0.4, -0.2) is 45.5 Å². The monoisotopic (exact) mass is 261 g/mol. The quantitative estimate of drug-likeness (QED) is 0.905. The SMILES string of the molecule is CC(C(=O)N(C)C)n1cnc2c(C(=O)O)cccc21. The minimum Gasteiger partial charge on any atom is -0.478 e. The summed E-state index contributed by atoms with van der Waals surface area (Å²) in [6, 6.07) is 4.48. The van der Waals surface area contributed by atoms with Crippen molar-refractivity contribution in [2.24, 2.45) is 0 Å². The number of para-hydroxylation sites is 1. The molecule has 1 aromatic carbocycles. The number of carboxylic acids is 1. The highest BCUT2D eigenvalue weighted by Gasteiger charge is 2.20. The van der Waals surface area contributed by atoms with Crippen LogP contribution in [0.25, 0.3) is 11.0 Å². The van der Waals surface area contributed by atoms with E-state index in [0.717, 1.165) is 0 Å². The molecule has 0 aliphatic carbocycles. The van der Waals surface area contributed by atoms with Crippen LogP contribution in [0.3, 0.4) is 0 Å². The second kappa shape index (κ2) is 4.72. The molecule has 1 amide bonds. The summed E-state index contributed by atoms with van der Waals surface area (Å²) in [5, 5.41) is 9.10. The molecule has 6 nitrogen and oxygen atoms in total. The Morgan fingerprint density at radius 3 is 2.63 bits per heavy atom. The second-order valence-corrected chi connectivity index (χ2v) is 4.54. The average molecular weight is 261 g/mol. The van der Waals surface area contributed by atoms with Crippen molar-refractivity contribution >= 4 is 22.9 Å². The number of benzene rings is 1. The third-order valence-electron chi connectivity index (χ3n) is 3.05. The number of carbonyl (C=O) groups excluding carboxylic acids is 1. The Labute approximate surface area is 110 Å². The van der Waals surface area contributed by atoms with Crippen LogP contribution in [0.2, 0.25) is 0 Å². The molecule has 1 N–H and O–H groups in total. The maximum Gasteiger partial charge on any atom is 0.337 e. The maximum absolute atomic E-state index is 12.0. The van der Waals surface area contributed by atoms with E-state index in [1.165, 1.54) is 17.3 Å². The molecule has 0 radical (unpaired) electrons. The molecule has 0 bridgehead atoms. The summed E-state index contributed by atoms with van der Waals surface area (Å²) in [6.07, 6.45) is 1.50. The van der Waals surface area contributed by atoms with Crippen LogP contribution in [0.15, 0.2) is 24.5 Å². The molecule has 1 heterocycles. The first-order valence-corrected chi connectivity index (χ1v) is 5.83. The molecule has 1 aromatic heterocycles. The number of hydrogen-bond donors (Lipinski definition) is 1. The highest BCUT2D eigenvalue weighted by Crippen LogP contribution is 2.21. The van der Waals surface area contributed by atoms with Crippen molar-refractivity contribution in [3.05, 3.63) is 30.1 Å². The van der Waals surface area contributed by atoms with E-state index in [1.807, 2.05) is 0 Å². The summed E-state index contributed by atoms with van der Waals surface area (Å²) in [4.78, 5) is 28.7. The smallest absolute Gasteiger partial charge is 0.337 e. The largest absolute Gasteiger partial charge is 0.478 e. The number of likely N-dealkylation sites (N-methyl/N-ethyl adjacent to an activating group) is 1. The van der Waals surface area contributed by atoms with Crippen LogP contribution >= 0.6 is 0 Å². The average Bonchev–Trinajstić information content (AvgIpc) is 2.80. The number of aromatic nitrogens is 2. The molecular formula is C13H15N3O3. The number of aromatic carboxylic acids is 1. The van der Waals surface area contributed by atoms with Gasteiger partial charge in [-0.3, -0.25) is 4.79 Å². The normalized spacial score (nSPS) is 12.4. The van der Waals surface area contributed by atoms with Gasteiger partial charge in [-0.05, 0) is 19.1 Å². The summed E-state index contributed by atoms with van der Waals surface area (Å²) in [6.45, 7) is 1.76. The molecule has 1 atom stereocenters. The molecule has 0 saturated heterocycles. The topological polar surface area (TPSA) is 75.4 Å². The predicted molar refractivity (Wildman–Crippen MR) is 70.1 cm³/mol. The van der Waals surface area contributed by atoms with Gasteiger partial charge >= 0.3 is 5.97 Å². The summed E-state index contributed by atoms with van der Waals surface area (Å²) in [5.41, 5.74) is 1.18. The van der Waals surface area contributed by atoms with E-state index in [0.29, 0.717) is 11.0 Å². The zero-order valence-electron chi connectivity index (χ0n) is 11.0. The minimum absolute atomic E-state index is 0.0694. The van der Waals surface area contributed by atoms with Gasteiger partial charge in [0, 0.05) is 14.1 Å². The van der Waals surface area contributed by atoms with E-state index in [4.69, 9.17) is 5.11 Å². The summed E-state index contributed by atoms with van der Waals surface area (Å²) in [5.74, 6) is -1.09. The Bertz CT molecular complexity index is 646. The van der Waals surface area contributed by atoms with Gasteiger partial charge in [0.2, 0.25) is 5.91 Å². The fraction of sp³-hybridized carbons (Fsp3) is 0.308. The molecule has 0 aliphatic rings. The van der Waals surface area contributed by atoms with Crippen molar-refractivity contribution in [2.75, 3.05) is 14.1 Å². The van der Waals surface area contributed by atoms with Gasteiger partial charge in [0.05, 0.1) is 17.4 Å². The number of carbonyl (C=O) groups is 2. The van der Waals surface area contributed by atoms with Gasteiger partial charge in [0.15, 0.2) is 0 Å². The van der Waals surface area contributed by atoms with Crippen LogP contribution in [0.1, 0.15) is 23.3 Å². The van der Waals surface area contributed by atoms with Crippen molar-refractivity contribution in [3.63, 3.8) is 0 Å². The van der Waals surface area contributed by atoms with Crippen molar-refractivity contribution in [2.45, 2.75) is 13.0 Å². The van der Waals surface area contributed by atoms with Gasteiger partial charge in [-0.1, -0.05) is 6.07 Å². The number of fused-ring (bicyclic) bond motifs is 1. The Kier molecular flexibility index (Phi) is 3.25. The van der Waals surface area contributed by atoms with Crippen molar-refractivity contribution in [1.29, 1.82) is 0 Å². The predicted octanol–water partition coefficient (Wildman–Crippen LogP) is 1.38. The van der Waals surface area contributed by atoms with Gasteiger partial charge < -0.3 is 14.6 Å². The zero-order valence-corrected chi connectivity index (χ0v) is 11.0. The molecular weight excluding hydrogens is 246 g/mol. The minimum atomic E-state index is -1.03. The first-order chi connectivity index (χ1) is 8.93. The lowest BCUT2D eigenvalue weighted by Gasteiger charge is -2.18. The number of imidazole rings is 1. The molecule has 19 heavy (non-hydrogen) atoms. The summed E-state index contributed by atoms with van der Waals surface area (Å²) >= 11 is 0. The van der Waals surface area contributed by atoms with E-state index in [1.54, 1.807) is 37.7 Å². The number of hydrogen-bond acceptors (Lipinski definition) is 3. The highest BCUT2D eigenvalue weighted by atomic mass is 16.4. The molecule has 100 valence electrons. The van der Waals surface area contributed by atoms with E-state index in [-0.39, 0.29) is 11.5 Å². The first kappa shape index (κ1) is 13.1. The fourth-order valence-electron chi connectivity index (χ4n) is 2.03. The molecule has 0 aliphatic heterocycles. The zero-order chi connectivity index (χ0) is 14.2. The van der Waals surface area contributed by atoms with E-state index in [2.05, 4.69) is 4.98 Å². The Morgan fingerprint density at radius 2 is 2.05 bits per heavy atom. The lowest BCUT2D eigenvalue weighted by Crippen LogP contribution is -2.29. The standard InChI is InChI=1S/C13H15N3O3/c1-8(12(17)15(2)3)16-7-14-11-9(13(18)19)5-4-6-10(11)16/h4-8H,1-3H3,(H,18,19). The molecule has 0 spiro atoms. The third-order valence-corrected chi connectivity index (χ3v) is 3.05. The Balaban J connectivity index is 2.55. The molecule has 2 aromatic rings. The number of nitrogens with zero attached hydrogens (tertiary/aromatic N) is 3. The number of amides is 1. The summed E-state index contributed by atoms with van der Waals surface area (Å²) in [7, 11) is 3.36. The molecule has 1 unspecified atom stereocenters. The number of rotatable bonds is 3. The van der Waals surface area contributed by atoms with Gasteiger partial charge in [-0.15, -0.1) is 0 Å². The third kappa shape index (κ3) is 2.16. The van der Waals surface area contributed by atoms with Crippen molar-refractivity contribution < 1.29 is 14.7 Å². The van der Waals surface area contributed by atoms with Gasteiger partial charge in [-0.2, -0.15) is 0 Å². The lowest BCUT2D eigenvalue weighted by molar-refractivity contribution is -0.131. The van der Waals surface area contributed by atoms with Crippen LogP contribution in [0.5, 0.6) is 0 Å². The maximum atomic E-state index is 12.0. The molecule has 2 rings (SSSR count). The van der Waals surface area contributed by atoms with E-state index < -0.39 is 12.0 Å². The highest BCUT2D eigenvalue weighted by molar-refractivity contribution is 6.01. The van der Waals surface area contributed by atoms with Gasteiger partial charge in [0.1, 0.15) is 11.6 Å². The van der Waals surface area contributed by atoms with Crippen molar-refractivity contribution in [1.82, 2.24) is 14.5 Å². The van der Waals surface area contributed by atoms with Gasteiger partial charge in [-0.25, -0.2) is 9.78 Å². The Hall–Kier alpha value is -2.37. The summed E-state index contributed by atoms with van der Waals surface area (Å²) < 4.78 is 1.68.